The van der Waals surface area contributed by atoms with E-state index < -0.39 is 17.6 Å². The standard InChI is InChI=1S/C18H19BrN6O4/c1-2-28-15(26)9-24-11-21-17(16(19)18(24)27)29-10-13(20)14-8-25(23-22-14)12-6-4-3-5-7-12/h3-8,11,13H,2,9-10,20H2,1H3/t13-/m0/s1. The highest BCUT2D eigenvalue weighted by atomic mass is 79.9. The number of hydrogen-bond acceptors (Lipinski definition) is 8. The van der Waals surface area contributed by atoms with Gasteiger partial charge in [0.2, 0.25) is 5.88 Å². The van der Waals surface area contributed by atoms with Gasteiger partial charge in [0, 0.05) is 0 Å². The second-order valence-corrected chi connectivity index (χ2v) is 6.74. The van der Waals surface area contributed by atoms with Gasteiger partial charge in [-0.2, -0.15) is 0 Å². The fourth-order valence-electron chi connectivity index (χ4n) is 2.42. The molecule has 3 rings (SSSR count). The van der Waals surface area contributed by atoms with Gasteiger partial charge in [0.25, 0.3) is 5.56 Å². The van der Waals surface area contributed by atoms with E-state index in [4.69, 9.17) is 15.2 Å². The first-order valence-corrected chi connectivity index (χ1v) is 9.55. The van der Waals surface area contributed by atoms with Crippen LogP contribution in [0.5, 0.6) is 5.88 Å². The van der Waals surface area contributed by atoms with Crippen molar-refractivity contribution in [2.24, 2.45) is 5.73 Å². The minimum Gasteiger partial charge on any atom is -0.475 e. The zero-order chi connectivity index (χ0) is 20.8. The van der Waals surface area contributed by atoms with Crippen molar-refractivity contribution in [1.29, 1.82) is 0 Å². The Labute approximate surface area is 174 Å². The summed E-state index contributed by atoms with van der Waals surface area (Å²) < 4.78 is 13.2. The zero-order valence-electron chi connectivity index (χ0n) is 15.6. The van der Waals surface area contributed by atoms with Crippen LogP contribution in [0.1, 0.15) is 18.7 Å². The van der Waals surface area contributed by atoms with Gasteiger partial charge in [-0.05, 0) is 35.0 Å². The molecular weight excluding hydrogens is 444 g/mol. The summed E-state index contributed by atoms with van der Waals surface area (Å²) in [5, 5.41) is 8.13. The summed E-state index contributed by atoms with van der Waals surface area (Å²) in [6.45, 7) is 1.71. The molecule has 0 amide bonds. The van der Waals surface area contributed by atoms with Gasteiger partial charge >= 0.3 is 5.97 Å². The Morgan fingerprint density at radius 1 is 1.31 bits per heavy atom. The molecule has 0 aliphatic rings. The van der Waals surface area contributed by atoms with Crippen molar-refractivity contribution >= 4 is 21.9 Å². The number of benzene rings is 1. The van der Waals surface area contributed by atoms with Gasteiger partial charge in [-0.25, -0.2) is 9.67 Å². The second-order valence-electron chi connectivity index (χ2n) is 5.94. The minimum absolute atomic E-state index is 0.0282. The molecular formula is C18H19BrN6O4. The predicted molar refractivity (Wildman–Crippen MR) is 107 cm³/mol. The summed E-state index contributed by atoms with van der Waals surface area (Å²) in [6.07, 6.45) is 2.93. The van der Waals surface area contributed by atoms with Crippen LogP contribution in [0.3, 0.4) is 0 Å². The molecule has 0 saturated heterocycles. The summed E-state index contributed by atoms with van der Waals surface area (Å²) in [4.78, 5) is 27.9. The van der Waals surface area contributed by atoms with Crippen molar-refractivity contribution in [1.82, 2.24) is 24.5 Å². The molecule has 1 atom stereocenters. The number of esters is 1. The molecule has 2 N–H and O–H groups in total. The van der Waals surface area contributed by atoms with Crippen LogP contribution >= 0.6 is 15.9 Å². The molecule has 2 heterocycles. The average molecular weight is 463 g/mol. The van der Waals surface area contributed by atoms with E-state index in [9.17, 15) is 9.59 Å². The normalized spacial score (nSPS) is 11.8. The summed E-state index contributed by atoms with van der Waals surface area (Å²) >= 11 is 3.16. The Hall–Kier alpha value is -3.05. The Morgan fingerprint density at radius 3 is 2.79 bits per heavy atom. The summed E-state index contributed by atoms with van der Waals surface area (Å²) in [7, 11) is 0. The second kappa shape index (κ2) is 9.43. The highest BCUT2D eigenvalue weighted by Gasteiger charge is 2.17. The first-order valence-electron chi connectivity index (χ1n) is 8.76. The van der Waals surface area contributed by atoms with Crippen LogP contribution in [0.2, 0.25) is 0 Å². The summed E-state index contributed by atoms with van der Waals surface area (Å²) in [6, 6.07) is 8.91. The van der Waals surface area contributed by atoms with Gasteiger partial charge in [-0.1, -0.05) is 23.4 Å². The third-order valence-electron chi connectivity index (χ3n) is 3.87. The number of ether oxygens (including phenoxy) is 2. The summed E-state index contributed by atoms with van der Waals surface area (Å²) in [5.74, 6) is -0.457. The van der Waals surface area contributed by atoms with Crippen LogP contribution in [0.4, 0.5) is 0 Å². The van der Waals surface area contributed by atoms with Crippen LogP contribution in [-0.2, 0) is 16.1 Å². The van der Waals surface area contributed by atoms with Crippen molar-refractivity contribution in [2.45, 2.75) is 19.5 Å². The maximum absolute atomic E-state index is 12.3. The molecule has 0 saturated carbocycles. The Balaban J connectivity index is 1.65. The molecule has 29 heavy (non-hydrogen) atoms. The van der Waals surface area contributed by atoms with E-state index in [1.165, 1.54) is 6.33 Å². The molecule has 2 aromatic heterocycles. The molecule has 3 aromatic rings. The van der Waals surface area contributed by atoms with E-state index >= 15 is 0 Å². The van der Waals surface area contributed by atoms with E-state index in [0.29, 0.717) is 5.69 Å². The number of nitrogens with two attached hydrogens (primary N) is 1. The van der Waals surface area contributed by atoms with Crippen LogP contribution in [0, 0.1) is 0 Å². The van der Waals surface area contributed by atoms with Crippen molar-refractivity contribution < 1.29 is 14.3 Å². The van der Waals surface area contributed by atoms with Crippen molar-refractivity contribution in [3.05, 3.63) is 63.4 Å². The molecule has 0 aliphatic heterocycles. The predicted octanol–water partition coefficient (Wildman–Crippen LogP) is 1.23. The van der Waals surface area contributed by atoms with Gasteiger partial charge in [0.15, 0.2) is 0 Å². The largest absolute Gasteiger partial charge is 0.475 e. The van der Waals surface area contributed by atoms with Gasteiger partial charge in [-0.3, -0.25) is 14.2 Å². The van der Waals surface area contributed by atoms with Crippen LogP contribution < -0.4 is 16.0 Å². The first-order chi connectivity index (χ1) is 14.0. The van der Waals surface area contributed by atoms with E-state index in [1.54, 1.807) is 17.8 Å². The van der Waals surface area contributed by atoms with E-state index in [0.717, 1.165) is 10.3 Å². The Morgan fingerprint density at radius 2 is 2.07 bits per heavy atom. The summed E-state index contributed by atoms with van der Waals surface area (Å²) in [5.41, 5.74) is 7.04. The number of hydrogen-bond donors (Lipinski definition) is 1. The molecule has 0 unspecified atom stereocenters. The fourth-order valence-corrected chi connectivity index (χ4v) is 2.86. The van der Waals surface area contributed by atoms with Crippen molar-refractivity contribution in [2.75, 3.05) is 13.2 Å². The van der Waals surface area contributed by atoms with Crippen LogP contribution in [0.25, 0.3) is 5.69 Å². The topological polar surface area (TPSA) is 127 Å². The fraction of sp³-hybridized carbons (Fsp3) is 0.278. The molecule has 0 spiro atoms. The number of halogens is 1. The first kappa shape index (κ1) is 20.7. The van der Waals surface area contributed by atoms with E-state index in [2.05, 4.69) is 31.2 Å². The number of carbonyl (C=O) groups excluding carboxylic acids is 1. The highest BCUT2D eigenvalue weighted by molar-refractivity contribution is 9.10. The minimum atomic E-state index is -0.580. The molecule has 0 radical (unpaired) electrons. The number of para-hydroxylation sites is 1. The van der Waals surface area contributed by atoms with Gasteiger partial charge in [-0.15, -0.1) is 5.10 Å². The van der Waals surface area contributed by atoms with Gasteiger partial charge < -0.3 is 15.2 Å². The zero-order valence-corrected chi connectivity index (χ0v) is 17.2. The van der Waals surface area contributed by atoms with E-state index in [1.807, 2.05) is 30.3 Å². The molecule has 11 heteroatoms. The molecule has 152 valence electrons. The lowest BCUT2D eigenvalue weighted by molar-refractivity contribution is -0.143. The maximum atomic E-state index is 12.3. The Kier molecular flexibility index (Phi) is 6.73. The number of aromatic nitrogens is 5. The molecule has 0 bridgehead atoms. The molecule has 0 fully saturated rings. The number of carbonyl (C=O) groups is 1. The van der Waals surface area contributed by atoms with E-state index in [-0.39, 0.29) is 30.1 Å². The average Bonchev–Trinajstić information content (AvgIpc) is 3.22. The smallest absolute Gasteiger partial charge is 0.326 e. The number of rotatable bonds is 8. The molecule has 10 nitrogen and oxygen atoms in total. The number of nitrogens with zero attached hydrogens (tertiary/aromatic N) is 5. The van der Waals surface area contributed by atoms with Crippen molar-refractivity contribution in [3.8, 4) is 11.6 Å². The lowest BCUT2D eigenvalue weighted by Gasteiger charge is -2.12. The SMILES string of the molecule is CCOC(=O)Cn1cnc(OC[C@H](N)c2cn(-c3ccccc3)nn2)c(Br)c1=O. The molecule has 0 aliphatic carbocycles. The molecule has 1 aromatic carbocycles. The van der Waals surface area contributed by atoms with Crippen LogP contribution in [0.15, 0.2) is 52.1 Å². The highest BCUT2D eigenvalue weighted by Crippen LogP contribution is 2.19. The van der Waals surface area contributed by atoms with Crippen LogP contribution in [-0.4, -0.2) is 43.7 Å². The lowest BCUT2D eigenvalue weighted by atomic mass is 10.2. The maximum Gasteiger partial charge on any atom is 0.326 e. The quantitative estimate of drug-likeness (QED) is 0.495. The van der Waals surface area contributed by atoms with Gasteiger partial charge in [0.05, 0.1) is 24.5 Å². The monoisotopic (exact) mass is 462 g/mol. The Bertz CT molecular complexity index is 1040. The van der Waals surface area contributed by atoms with Crippen molar-refractivity contribution in [3.63, 3.8) is 0 Å². The van der Waals surface area contributed by atoms with Gasteiger partial charge in [0.1, 0.15) is 29.6 Å². The third kappa shape index (κ3) is 5.06. The lowest BCUT2D eigenvalue weighted by Crippen LogP contribution is -2.27. The third-order valence-corrected chi connectivity index (χ3v) is 4.55.